The first-order valence-corrected chi connectivity index (χ1v) is 6.37. The molecule has 104 valence electrons. The van der Waals surface area contributed by atoms with Crippen molar-refractivity contribution in [2.24, 2.45) is 0 Å². The van der Waals surface area contributed by atoms with E-state index in [0.717, 1.165) is 13.1 Å². The predicted octanol–water partition coefficient (Wildman–Crippen LogP) is 1.59. The second-order valence-corrected chi connectivity index (χ2v) is 4.35. The summed E-state index contributed by atoms with van der Waals surface area (Å²) in [4.78, 5) is 6.34. The number of morpholine rings is 1. The average Bonchev–Trinajstić information content (AvgIpc) is 2.51. The molecule has 0 saturated carbocycles. The molecule has 1 fully saturated rings. The van der Waals surface area contributed by atoms with E-state index in [9.17, 15) is 4.39 Å². The number of para-hydroxylation sites is 1. The number of anilines is 3. The van der Waals surface area contributed by atoms with Crippen LogP contribution >= 0.6 is 0 Å². The zero-order chi connectivity index (χ0) is 13.8. The van der Waals surface area contributed by atoms with E-state index in [-0.39, 0.29) is 5.82 Å². The van der Waals surface area contributed by atoms with Gasteiger partial charge in [-0.15, -0.1) is 5.10 Å². The fourth-order valence-corrected chi connectivity index (χ4v) is 1.95. The Morgan fingerprint density at radius 2 is 2.00 bits per heavy atom. The van der Waals surface area contributed by atoms with Crippen LogP contribution in [0.1, 0.15) is 0 Å². The number of rotatable bonds is 3. The third-order valence-electron chi connectivity index (χ3n) is 2.98. The molecule has 6 nitrogen and oxygen atoms in total. The highest BCUT2D eigenvalue weighted by atomic mass is 19.1. The number of hydrogen-bond acceptors (Lipinski definition) is 6. The van der Waals surface area contributed by atoms with Crippen LogP contribution in [-0.2, 0) is 4.74 Å². The van der Waals surface area contributed by atoms with Crippen molar-refractivity contribution in [3.63, 3.8) is 0 Å². The molecule has 1 aliphatic heterocycles. The lowest BCUT2D eigenvalue weighted by atomic mass is 10.3. The number of aromatic nitrogens is 3. The summed E-state index contributed by atoms with van der Waals surface area (Å²) in [5.41, 5.74) is 0.362. The van der Waals surface area contributed by atoms with Crippen molar-refractivity contribution in [3.05, 3.63) is 36.3 Å². The highest BCUT2D eigenvalue weighted by Crippen LogP contribution is 2.18. The number of hydrogen-bond donors (Lipinski definition) is 1. The molecule has 1 aliphatic rings. The molecule has 1 aromatic carbocycles. The highest BCUT2D eigenvalue weighted by molar-refractivity contribution is 5.56. The summed E-state index contributed by atoms with van der Waals surface area (Å²) in [6.07, 6.45) is 1.47. The lowest BCUT2D eigenvalue weighted by molar-refractivity contribution is 0.122. The van der Waals surface area contributed by atoms with Crippen LogP contribution in [0.4, 0.5) is 21.8 Å². The molecule has 0 amide bonds. The molecular formula is C13H14FN5O. The van der Waals surface area contributed by atoms with Gasteiger partial charge in [0.1, 0.15) is 5.82 Å². The zero-order valence-corrected chi connectivity index (χ0v) is 10.8. The average molecular weight is 275 g/mol. The smallest absolute Gasteiger partial charge is 0.247 e. The first-order valence-electron chi connectivity index (χ1n) is 6.37. The molecule has 3 rings (SSSR count). The van der Waals surface area contributed by atoms with Gasteiger partial charge < -0.3 is 15.0 Å². The number of nitrogens with zero attached hydrogens (tertiary/aromatic N) is 4. The van der Waals surface area contributed by atoms with Gasteiger partial charge >= 0.3 is 0 Å². The van der Waals surface area contributed by atoms with Gasteiger partial charge in [0, 0.05) is 13.1 Å². The van der Waals surface area contributed by atoms with E-state index < -0.39 is 0 Å². The van der Waals surface area contributed by atoms with Gasteiger partial charge in [0.05, 0.1) is 25.1 Å². The fourth-order valence-electron chi connectivity index (χ4n) is 1.95. The highest BCUT2D eigenvalue weighted by Gasteiger charge is 2.14. The van der Waals surface area contributed by atoms with Crippen LogP contribution in [-0.4, -0.2) is 41.5 Å². The summed E-state index contributed by atoms with van der Waals surface area (Å²) < 4.78 is 18.9. The van der Waals surface area contributed by atoms with Crippen LogP contribution < -0.4 is 10.2 Å². The molecule has 0 unspecified atom stereocenters. The molecule has 0 aliphatic carbocycles. The van der Waals surface area contributed by atoms with E-state index in [1.807, 2.05) is 4.90 Å². The Kier molecular flexibility index (Phi) is 3.69. The third kappa shape index (κ3) is 2.83. The molecule has 20 heavy (non-hydrogen) atoms. The number of benzene rings is 1. The van der Waals surface area contributed by atoms with Crippen molar-refractivity contribution in [1.29, 1.82) is 0 Å². The maximum absolute atomic E-state index is 13.6. The Morgan fingerprint density at radius 1 is 1.20 bits per heavy atom. The van der Waals surface area contributed by atoms with Crippen molar-refractivity contribution in [2.75, 3.05) is 36.5 Å². The minimum Gasteiger partial charge on any atom is -0.378 e. The van der Waals surface area contributed by atoms with Gasteiger partial charge in [-0.05, 0) is 12.1 Å². The van der Waals surface area contributed by atoms with Crippen molar-refractivity contribution in [1.82, 2.24) is 15.2 Å². The Labute approximate surface area is 115 Å². The van der Waals surface area contributed by atoms with Crippen LogP contribution in [0.15, 0.2) is 30.5 Å². The number of ether oxygens (including phenoxy) is 1. The van der Waals surface area contributed by atoms with E-state index >= 15 is 0 Å². The van der Waals surface area contributed by atoms with Crippen molar-refractivity contribution in [3.8, 4) is 0 Å². The minimum atomic E-state index is -0.334. The normalized spacial score (nSPS) is 15.2. The summed E-state index contributed by atoms with van der Waals surface area (Å²) in [5.74, 6) is 0.653. The molecule has 0 bridgehead atoms. The standard InChI is InChI=1S/C13H14FN5O/c14-10-3-1-2-4-11(10)16-12-9-15-18-13(17-12)19-5-7-20-8-6-19/h1-4,9H,5-8H2,(H,16,17,18). The monoisotopic (exact) mass is 275 g/mol. The Balaban J connectivity index is 1.79. The van der Waals surface area contributed by atoms with Gasteiger partial charge in [0.15, 0.2) is 5.82 Å². The minimum absolute atomic E-state index is 0.334. The maximum Gasteiger partial charge on any atom is 0.247 e. The van der Waals surface area contributed by atoms with Gasteiger partial charge in [-0.3, -0.25) is 0 Å². The molecule has 2 heterocycles. The second kappa shape index (κ2) is 5.79. The van der Waals surface area contributed by atoms with Gasteiger partial charge in [-0.25, -0.2) is 4.39 Å². The first kappa shape index (κ1) is 12.7. The van der Waals surface area contributed by atoms with E-state index in [4.69, 9.17) is 4.74 Å². The Morgan fingerprint density at radius 3 is 2.80 bits per heavy atom. The Hall–Kier alpha value is -2.28. The van der Waals surface area contributed by atoms with Crippen molar-refractivity contribution >= 4 is 17.5 Å². The van der Waals surface area contributed by atoms with Crippen molar-refractivity contribution < 1.29 is 9.13 Å². The molecule has 0 radical (unpaired) electrons. The summed E-state index contributed by atoms with van der Waals surface area (Å²) in [7, 11) is 0. The molecule has 1 saturated heterocycles. The lowest BCUT2D eigenvalue weighted by Crippen LogP contribution is -2.37. The predicted molar refractivity (Wildman–Crippen MR) is 72.5 cm³/mol. The SMILES string of the molecule is Fc1ccccc1Nc1cnnc(N2CCOCC2)n1. The summed E-state index contributed by atoms with van der Waals surface area (Å²) >= 11 is 0. The molecule has 0 atom stereocenters. The van der Waals surface area contributed by atoms with E-state index in [1.54, 1.807) is 18.2 Å². The van der Waals surface area contributed by atoms with E-state index in [2.05, 4.69) is 20.5 Å². The van der Waals surface area contributed by atoms with Crippen LogP contribution in [0.3, 0.4) is 0 Å². The summed E-state index contributed by atoms with van der Waals surface area (Å²) in [5, 5.41) is 10.8. The Bertz CT molecular complexity index is 588. The molecular weight excluding hydrogens is 261 g/mol. The first-order chi connectivity index (χ1) is 9.83. The maximum atomic E-state index is 13.6. The fraction of sp³-hybridized carbons (Fsp3) is 0.308. The van der Waals surface area contributed by atoms with Crippen LogP contribution in [0, 0.1) is 5.82 Å². The van der Waals surface area contributed by atoms with Crippen LogP contribution in [0.25, 0.3) is 0 Å². The molecule has 1 aromatic heterocycles. The van der Waals surface area contributed by atoms with Crippen LogP contribution in [0.2, 0.25) is 0 Å². The topological polar surface area (TPSA) is 63.2 Å². The molecule has 0 spiro atoms. The molecule has 7 heteroatoms. The summed E-state index contributed by atoms with van der Waals surface area (Å²) in [6.45, 7) is 2.75. The van der Waals surface area contributed by atoms with Gasteiger partial charge in [-0.2, -0.15) is 10.1 Å². The third-order valence-corrected chi connectivity index (χ3v) is 2.98. The van der Waals surface area contributed by atoms with Crippen LogP contribution in [0.5, 0.6) is 0 Å². The van der Waals surface area contributed by atoms with Gasteiger partial charge in [0.2, 0.25) is 5.95 Å². The largest absolute Gasteiger partial charge is 0.378 e. The number of halogens is 1. The molecule has 1 N–H and O–H groups in total. The van der Waals surface area contributed by atoms with E-state index in [1.165, 1.54) is 12.3 Å². The lowest BCUT2D eigenvalue weighted by Gasteiger charge is -2.26. The molecule has 2 aromatic rings. The van der Waals surface area contributed by atoms with Crippen molar-refractivity contribution in [2.45, 2.75) is 0 Å². The number of nitrogens with one attached hydrogen (secondary N) is 1. The quantitative estimate of drug-likeness (QED) is 0.917. The zero-order valence-electron chi connectivity index (χ0n) is 10.8. The second-order valence-electron chi connectivity index (χ2n) is 4.35. The van der Waals surface area contributed by atoms with E-state index in [0.29, 0.717) is 30.7 Å². The van der Waals surface area contributed by atoms with Gasteiger partial charge in [0.25, 0.3) is 0 Å². The summed E-state index contributed by atoms with van der Waals surface area (Å²) in [6, 6.07) is 6.42. The van der Waals surface area contributed by atoms with Gasteiger partial charge in [-0.1, -0.05) is 12.1 Å².